The second-order valence-corrected chi connectivity index (χ2v) is 6.34. The van der Waals surface area contributed by atoms with Crippen LogP contribution in [0.15, 0.2) is 29.0 Å². The minimum absolute atomic E-state index is 0.0854. The first-order valence-electron chi connectivity index (χ1n) is 6.83. The Hall–Kier alpha value is -1.56. The van der Waals surface area contributed by atoms with Crippen LogP contribution < -0.4 is 10.1 Å². The Morgan fingerprint density at radius 2 is 2.23 bits per heavy atom. The van der Waals surface area contributed by atoms with Gasteiger partial charge in [0, 0.05) is 17.6 Å². The van der Waals surface area contributed by atoms with E-state index in [1.54, 1.807) is 24.5 Å². The van der Waals surface area contributed by atoms with Gasteiger partial charge in [-0.1, -0.05) is 11.6 Å². The Labute approximate surface area is 139 Å². The molecule has 1 amide bonds. The van der Waals surface area contributed by atoms with Crippen LogP contribution >= 0.6 is 22.9 Å². The molecule has 4 nitrogen and oxygen atoms in total. The summed E-state index contributed by atoms with van der Waals surface area (Å²) in [6.07, 6.45) is 0. The van der Waals surface area contributed by atoms with Crippen molar-refractivity contribution in [3.8, 4) is 5.75 Å². The Bertz CT molecular complexity index is 644. The lowest BCUT2D eigenvalue weighted by Crippen LogP contribution is -2.29. The van der Waals surface area contributed by atoms with E-state index in [2.05, 4.69) is 16.8 Å². The fraction of sp³-hybridized carbons (Fsp3) is 0.312. The van der Waals surface area contributed by atoms with E-state index in [4.69, 9.17) is 16.3 Å². The van der Waals surface area contributed by atoms with Crippen LogP contribution in [0.3, 0.4) is 0 Å². The molecule has 1 aromatic heterocycles. The van der Waals surface area contributed by atoms with E-state index in [9.17, 15) is 4.79 Å². The van der Waals surface area contributed by atoms with Gasteiger partial charge in [0.15, 0.2) is 0 Å². The molecule has 0 radical (unpaired) electrons. The maximum absolute atomic E-state index is 12.2. The normalized spacial score (nSPS) is 10.8. The van der Waals surface area contributed by atoms with E-state index in [0.29, 0.717) is 23.0 Å². The number of aryl methyl sites for hydroxylation is 1. The van der Waals surface area contributed by atoms with Gasteiger partial charge in [0.2, 0.25) is 5.91 Å². The van der Waals surface area contributed by atoms with Crippen molar-refractivity contribution >= 4 is 34.5 Å². The van der Waals surface area contributed by atoms with Crippen LogP contribution in [-0.2, 0) is 11.3 Å². The van der Waals surface area contributed by atoms with E-state index in [-0.39, 0.29) is 5.91 Å². The summed E-state index contributed by atoms with van der Waals surface area (Å²) in [5, 5.41) is 7.61. The number of ether oxygens (including phenoxy) is 1. The second kappa shape index (κ2) is 7.63. The fourth-order valence-electron chi connectivity index (χ4n) is 2.11. The Morgan fingerprint density at radius 1 is 1.45 bits per heavy atom. The molecule has 0 aliphatic rings. The summed E-state index contributed by atoms with van der Waals surface area (Å²) in [5.41, 5.74) is 2.74. The first-order chi connectivity index (χ1) is 10.5. The molecule has 0 bridgehead atoms. The Kier molecular flexibility index (Phi) is 5.83. The van der Waals surface area contributed by atoms with E-state index in [1.807, 2.05) is 30.3 Å². The molecule has 0 saturated carbocycles. The highest BCUT2D eigenvalue weighted by Crippen LogP contribution is 2.30. The second-order valence-electron chi connectivity index (χ2n) is 5.15. The minimum atomic E-state index is -0.0854. The van der Waals surface area contributed by atoms with E-state index < -0.39 is 0 Å². The van der Waals surface area contributed by atoms with Gasteiger partial charge in [-0.15, -0.1) is 0 Å². The number of nitrogens with zero attached hydrogens (tertiary/aromatic N) is 1. The molecular formula is C16H19ClN2O2S. The molecule has 6 heteroatoms. The number of anilines is 1. The number of benzene rings is 1. The van der Waals surface area contributed by atoms with Crippen molar-refractivity contribution < 1.29 is 9.53 Å². The van der Waals surface area contributed by atoms with Gasteiger partial charge in [0.25, 0.3) is 0 Å². The van der Waals surface area contributed by atoms with Crippen molar-refractivity contribution in [3.05, 3.63) is 45.1 Å². The Balaban J connectivity index is 1.98. The molecule has 118 valence electrons. The van der Waals surface area contributed by atoms with E-state index in [0.717, 1.165) is 12.1 Å². The average molecular weight is 339 g/mol. The van der Waals surface area contributed by atoms with Crippen LogP contribution in [0.25, 0.3) is 0 Å². The van der Waals surface area contributed by atoms with Gasteiger partial charge in [0.05, 0.1) is 19.3 Å². The van der Waals surface area contributed by atoms with Gasteiger partial charge in [-0.05, 0) is 48.0 Å². The van der Waals surface area contributed by atoms with Gasteiger partial charge in [-0.3, -0.25) is 9.69 Å². The van der Waals surface area contributed by atoms with Crippen molar-refractivity contribution in [2.45, 2.75) is 13.5 Å². The molecule has 22 heavy (non-hydrogen) atoms. The van der Waals surface area contributed by atoms with Gasteiger partial charge >= 0.3 is 0 Å². The minimum Gasteiger partial charge on any atom is -0.495 e. The number of halogens is 1. The van der Waals surface area contributed by atoms with Crippen molar-refractivity contribution in [2.24, 2.45) is 0 Å². The largest absolute Gasteiger partial charge is 0.495 e. The van der Waals surface area contributed by atoms with Gasteiger partial charge < -0.3 is 10.1 Å². The molecule has 0 saturated heterocycles. The summed E-state index contributed by atoms with van der Waals surface area (Å²) >= 11 is 7.72. The van der Waals surface area contributed by atoms with Crippen molar-refractivity contribution in [1.29, 1.82) is 0 Å². The molecule has 0 atom stereocenters. The maximum atomic E-state index is 12.2. The third-order valence-corrected chi connectivity index (χ3v) is 4.34. The third-order valence-electron chi connectivity index (χ3n) is 3.20. The summed E-state index contributed by atoms with van der Waals surface area (Å²) in [6.45, 7) is 2.94. The predicted molar refractivity (Wildman–Crippen MR) is 92.0 cm³/mol. The topological polar surface area (TPSA) is 41.6 Å². The summed E-state index contributed by atoms with van der Waals surface area (Å²) < 4.78 is 5.26. The summed E-state index contributed by atoms with van der Waals surface area (Å²) in [5.74, 6) is 0.474. The number of likely N-dealkylation sites (N-methyl/N-ethyl adjacent to an activating group) is 1. The van der Waals surface area contributed by atoms with Gasteiger partial charge in [0.1, 0.15) is 5.75 Å². The molecule has 2 aromatic rings. The molecule has 1 N–H and O–H groups in total. The van der Waals surface area contributed by atoms with Gasteiger partial charge in [-0.2, -0.15) is 11.3 Å². The molecule has 0 unspecified atom stereocenters. The lowest BCUT2D eigenvalue weighted by molar-refractivity contribution is -0.117. The van der Waals surface area contributed by atoms with Gasteiger partial charge in [-0.25, -0.2) is 0 Å². The molecule has 0 aliphatic carbocycles. The quantitative estimate of drug-likeness (QED) is 0.871. The number of rotatable bonds is 6. The van der Waals surface area contributed by atoms with Crippen LogP contribution in [0.5, 0.6) is 5.75 Å². The van der Waals surface area contributed by atoms with Crippen molar-refractivity contribution in [1.82, 2.24) is 4.90 Å². The third kappa shape index (κ3) is 4.47. The van der Waals surface area contributed by atoms with Crippen LogP contribution in [0.4, 0.5) is 5.69 Å². The lowest BCUT2D eigenvalue weighted by Gasteiger charge is -2.17. The monoisotopic (exact) mass is 338 g/mol. The molecule has 1 aromatic carbocycles. The molecule has 0 spiro atoms. The SMILES string of the molecule is COc1cc(Cl)c(C)cc1NC(=O)CN(C)Cc1ccsc1. The Morgan fingerprint density at radius 3 is 2.86 bits per heavy atom. The summed E-state index contributed by atoms with van der Waals surface area (Å²) in [7, 11) is 3.47. The molecule has 0 aliphatic heterocycles. The number of nitrogens with one attached hydrogen (secondary N) is 1. The summed E-state index contributed by atoms with van der Waals surface area (Å²) in [4.78, 5) is 14.1. The maximum Gasteiger partial charge on any atom is 0.238 e. The highest BCUT2D eigenvalue weighted by atomic mass is 35.5. The molecule has 2 rings (SSSR count). The molecule has 1 heterocycles. The number of methoxy groups -OCH3 is 1. The zero-order valence-electron chi connectivity index (χ0n) is 12.9. The average Bonchev–Trinajstić information content (AvgIpc) is 2.95. The predicted octanol–water partition coefficient (Wildman–Crippen LogP) is 3.79. The zero-order chi connectivity index (χ0) is 16.1. The number of thiophene rings is 1. The first-order valence-corrected chi connectivity index (χ1v) is 8.15. The smallest absolute Gasteiger partial charge is 0.238 e. The van der Waals surface area contributed by atoms with E-state index >= 15 is 0 Å². The molecule has 0 fully saturated rings. The number of carbonyl (C=O) groups excluding carboxylic acids is 1. The van der Waals surface area contributed by atoms with E-state index in [1.165, 1.54) is 5.56 Å². The summed E-state index contributed by atoms with van der Waals surface area (Å²) in [6, 6.07) is 5.59. The van der Waals surface area contributed by atoms with Crippen molar-refractivity contribution in [3.63, 3.8) is 0 Å². The van der Waals surface area contributed by atoms with Crippen LogP contribution in [-0.4, -0.2) is 31.5 Å². The van der Waals surface area contributed by atoms with Crippen LogP contribution in [0.1, 0.15) is 11.1 Å². The van der Waals surface area contributed by atoms with Crippen molar-refractivity contribution in [2.75, 3.05) is 26.0 Å². The number of hydrogen-bond donors (Lipinski definition) is 1. The first kappa shape index (κ1) is 16.8. The van der Waals surface area contributed by atoms with Crippen LogP contribution in [0, 0.1) is 6.92 Å². The number of hydrogen-bond acceptors (Lipinski definition) is 4. The highest BCUT2D eigenvalue weighted by Gasteiger charge is 2.12. The highest BCUT2D eigenvalue weighted by molar-refractivity contribution is 7.07. The molecular weight excluding hydrogens is 320 g/mol. The lowest BCUT2D eigenvalue weighted by atomic mass is 10.2. The number of carbonyl (C=O) groups is 1. The fourth-order valence-corrected chi connectivity index (χ4v) is 2.93. The van der Waals surface area contributed by atoms with Crippen LogP contribution in [0.2, 0.25) is 5.02 Å². The zero-order valence-corrected chi connectivity index (χ0v) is 14.4. The standard InChI is InChI=1S/C16H19ClN2O2S/c1-11-6-14(15(21-3)7-13(11)17)18-16(20)9-19(2)8-12-4-5-22-10-12/h4-7,10H,8-9H2,1-3H3,(H,18,20). The number of amides is 1.